The van der Waals surface area contributed by atoms with Gasteiger partial charge in [0.2, 0.25) is 0 Å². The van der Waals surface area contributed by atoms with Crippen molar-refractivity contribution >= 4 is 21.7 Å². The Morgan fingerprint density at radius 1 is 1.14 bits per heavy atom. The molecule has 1 aromatic carbocycles. The Morgan fingerprint density at radius 3 is 2.76 bits per heavy atom. The van der Waals surface area contributed by atoms with Crippen LogP contribution in [0.3, 0.4) is 0 Å². The predicted octanol–water partition coefficient (Wildman–Crippen LogP) is 4.61. The molecule has 3 nitrogen and oxygen atoms in total. The molecule has 2 aromatic rings. The fraction of sp³-hybridized carbons (Fsp3) is 0.412. The molecule has 1 aromatic heterocycles. The third kappa shape index (κ3) is 3.10. The third-order valence-electron chi connectivity index (χ3n) is 3.84. The Bertz CT molecular complexity index is 640. The molecule has 4 heteroatoms. The van der Waals surface area contributed by atoms with Crippen LogP contribution < -0.4 is 5.32 Å². The van der Waals surface area contributed by atoms with E-state index in [-0.39, 0.29) is 0 Å². The zero-order valence-electron chi connectivity index (χ0n) is 12.3. The Hall–Kier alpha value is -1.42. The first-order valence-corrected chi connectivity index (χ1v) is 8.47. The molecule has 0 saturated heterocycles. The molecule has 0 atom stereocenters. The van der Waals surface area contributed by atoms with Gasteiger partial charge in [0, 0.05) is 27.8 Å². The molecular weight excluding hydrogens is 326 g/mol. The quantitative estimate of drug-likeness (QED) is 0.879. The van der Waals surface area contributed by atoms with Gasteiger partial charge in [-0.25, -0.2) is 9.97 Å². The van der Waals surface area contributed by atoms with E-state index < -0.39 is 0 Å². The maximum atomic E-state index is 4.83. The van der Waals surface area contributed by atoms with E-state index in [4.69, 9.17) is 9.97 Å². The zero-order valence-corrected chi connectivity index (χ0v) is 13.9. The van der Waals surface area contributed by atoms with Gasteiger partial charge in [0.25, 0.3) is 0 Å². The second-order valence-electron chi connectivity index (χ2n) is 5.43. The highest BCUT2D eigenvalue weighted by Gasteiger charge is 2.18. The van der Waals surface area contributed by atoms with E-state index in [0.29, 0.717) is 0 Å². The Labute approximate surface area is 134 Å². The fourth-order valence-corrected chi connectivity index (χ4v) is 3.21. The number of hydrogen-bond donors (Lipinski definition) is 1. The van der Waals surface area contributed by atoms with Crippen LogP contribution in [-0.4, -0.2) is 16.5 Å². The van der Waals surface area contributed by atoms with E-state index in [9.17, 15) is 0 Å². The van der Waals surface area contributed by atoms with Crippen molar-refractivity contribution in [1.82, 2.24) is 9.97 Å². The third-order valence-corrected chi connectivity index (χ3v) is 4.53. The maximum Gasteiger partial charge on any atom is 0.162 e. The molecule has 1 heterocycles. The summed E-state index contributed by atoms with van der Waals surface area (Å²) < 4.78 is 1.04. The highest BCUT2D eigenvalue weighted by Crippen LogP contribution is 2.31. The van der Waals surface area contributed by atoms with E-state index in [2.05, 4.69) is 34.2 Å². The van der Waals surface area contributed by atoms with Crippen molar-refractivity contribution in [3.63, 3.8) is 0 Å². The fourth-order valence-electron chi connectivity index (χ4n) is 2.75. The molecule has 0 radical (unpaired) electrons. The topological polar surface area (TPSA) is 37.8 Å². The number of anilines is 1. The van der Waals surface area contributed by atoms with Crippen molar-refractivity contribution in [3.8, 4) is 11.4 Å². The van der Waals surface area contributed by atoms with Crippen LogP contribution in [0.1, 0.15) is 37.4 Å². The molecule has 3 rings (SSSR count). The summed E-state index contributed by atoms with van der Waals surface area (Å²) in [5, 5.41) is 3.49. The van der Waals surface area contributed by atoms with Crippen LogP contribution in [0.2, 0.25) is 0 Å². The van der Waals surface area contributed by atoms with E-state index >= 15 is 0 Å². The average Bonchev–Trinajstić information content (AvgIpc) is 2.53. The molecule has 0 amide bonds. The van der Waals surface area contributed by atoms with Crippen LogP contribution in [0.4, 0.5) is 5.82 Å². The summed E-state index contributed by atoms with van der Waals surface area (Å²) >= 11 is 3.61. The van der Waals surface area contributed by atoms with E-state index in [1.54, 1.807) is 0 Å². The van der Waals surface area contributed by atoms with Gasteiger partial charge < -0.3 is 5.32 Å². The van der Waals surface area contributed by atoms with Crippen molar-refractivity contribution in [1.29, 1.82) is 0 Å². The molecule has 110 valence electrons. The Kier molecular flexibility index (Phi) is 4.54. The highest BCUT2D eigenvalue weighted by atomic mass is 79.9. The summed E-state index contributed by atoms with van der Waals surface area (Å²) in [6, 6.07) is 8.15. The number of aromatic nitrogens is 2. The smallest absolute Gasteiger partial charge is 0.162 e. The first kappa shape index (κ1) is 14.5. The van der Waals surface area contributed by atoms with Gasteiger partial charge in [-0.3, -0.25) is 0 Å². The lowest BCUT2D eigenvalue weighted by molar-refractivity contribution is 0.664. The molecule has 0 fully saturated rings. The minimum Gasteiger partial charge on any atom is -0.370 e. The number of rotatable bonds is 4. The first-order valence-electron chi connectivity index (χ1n) is 7.68. The molecule has 0 unspecified atom stereocenters. The molecule has 0 saturated carbocycles. The summed E-state index contributed by atoms with van der Waals surface area (Å²) in [6.07, 6.45) is 5.73. The average molecular weight is 346 g/mol. The molecule has 1 aliphatic rings. The lowest BCUT2D eigenvalue weighted by Crippen LogP contribution is -2.14. The van der Waals surface area contributed by atoms with Crippen molar-refractivity contribution in [2.75, 3.05) is 11.9 Å². The standard InChI is InChI=1S/C17H20BrN3/c1-2-11-19-16-13-8-4-6-10-15(13)20-17(21-16)12-7-3-5-9-14(12)18/h3,5,7,9H,2,4,6,8,10-11H2,1H3,(H,19,20,21). The second-order valence-corrected chi connectivity index (χ2v) is 6.29. The SMILES string of the molecule is CCCNc1nc(-c2ccccc2Br)nc2c1CCCC2. The summed E-state index contributed by atoms with van der Waals surface area (Å²) in [6.45, 7) is 3.13. The van der Waals surface area contributed by atoms with Gasteiger partial charge in [-0.15, -0.1) is 0 Å². The van der Waals surface area contributed by atoms with Gasteiger partial charge in [-0.05, 0) is 38.2 Å². The normalized spacial score (nSPS) is 13.8. The van der Waals surface area contributed by atoms with Crippen LogP contribution in [0.5, 0.6) is 0 Å². The van der Waals surface area contributed by atoms with Gasteiger partial charge >= 0.3 is 0 Å². The molecule has 21 heavy (non-hydrogen) atoms. The molecule has 0 bridgehead atoms. The van der Waals surface area contributed by atoms with E-state index in [1.807, 2.05) is 18.2 Å². The van der Waals surface area contributed by atoms with E-state index in [1.165, 1.54) is 24.1 Å². The minimum atomic E-state index is 0.821. The first-order chi connectivity index (χ1) is 10.3. The molecular formula is C17H20BrN3. The van der Waals surface area contributed by atoms with Gasteiger partial charge in [0.15, 0.2) is 5.82 Å². The largest absolute Gasteiger partial charge is 0.370 e. The summed E-state index contributed by atoms with van der Waals surface area (Å²) in [7, 11) is 0. The van der Waals surface area contributed by atoms with Crippen molar-refractivity contribution < 1.29 is 0 Å². The van der Waals surface area contributed by atoms with Crippen molar-refractivity contribution in [2.45, 2.75) is 39.0 Å². The van der Waals surface area contributed by atoms with Crippen LogP contribution in [0, 0.1) is 0 Å². The molecule has 0 aliphatic heterocycles. The van der Waals surface area contributed by atoms with Gasteiger partial charge in [0.1, 0.15) is 5.82 Å². The van der Waals surface area contributed by atoms with Gasteiger partial charge in [-0.2, -0.15) is 0 Å². The summed E-state index contributed by atoms with van der Waals surface area (Å²) in [5.41, 5.74) is 3.61. The van der Waals surface area contributed by atoms with Crippen LogP contribution in [-0.2, 0) is 12.8 Å². The van der Waals surface area contributed by atoms with Crippen molar-refractivity contribution in [2.24, 2.45) is 0 Å². The van der Waals surface area contributed by atoms with Crippen LogP contribution in [0.15, 0.2) is 28.7 Å². The minimum absolute atomic E-state index is 0.821. The van der Waals surface area contributed by atoms with Crippen LogP contribution >= 0.6 is 15.9 Å². The lowest BCUT2D eigenvalue weighted by atomic mass is 9.96. The zero-order chi connectivity index (χ0) is 14.7. The Morgan fingerprint density at radius 2 is 1.95 bits per heavy atom. The molecule has 1 aliphatic carbocycles. The number of nitrogens with one attached hydrogen (secondary N) is 1. The number of benzene rings is 1. The molecule has 0 spiro atoms. The van der Waals surface area contributed by atoms with Gasteiger partial charge in [-0.1, -0.05) is 41.1 Å². The van der Waals surface area contributed by atoms with Crippen LogP contribution in [0.25, 0.3) is 11.4 Å². The maximum absolute atomic E-state index is 4.83. The predicted molar refractivity (Wildman–Crippen MR) is 90.6 cm³/mol. The van der Waals surface area contributed by atoms with E-state index in [0.717, 1.165) is 47.5 Å². The molecule has 1 N–H and O–H groups in total. The number of hydrogen-bond acceptors (Lipinski definition) is 3. The lowest BCUT2D eigenvalue weighted by Gasteiger charge is -2.20. The van der Waals surface area contributed by atoms with Gasteiger partial charge in [0.05, 0.1) is 0 Å². The number of aryl methyl sites for hydroxylation is 1. The number of fused-ring (bicyclic) bond motifs is 1. The van der Waals surface area contributed by atoms with Crippen molar-refractivity contribution in [3.05, 3.63) is 40.0 Å². The summed E-state index contributed by atoms with van der Waals surface area (Å²) in [4.78, 5) is 9.63. The Balaban J connectivity index is 2.07. The second kappa shape index (κ2) is 6.56. The number of halogens is 1. The monoisotopic (exact) mass is 345 g/mol. The number of nitrogens with zero attached hydrogens (tertiary/aromatic N) is 2. The highest BCUT2D eigenvalue weighted by molar-refractivity contribution is 9.10. The summed E-state index contributed by atoms with van der Waals surface area (Å²) in [5.74, 6) is 1.86.